The first kappa shape index (κ1) is 12.9. The molecular formula is C15H13NO3S. The summed E-state index contributed by atoms with van der Waals surface area (Å²) >= 11 is 1.55. The monoisotopic (exact) mass is 287 g/mol. The molecule has 0 atom stereocenters. The summed E-state index contributed by atoms with van der Waals surface area (Å²) in [6.07, 6.45) is 0. The van der Waals surface area contributed by atoms with Crippen LogP contribution in [0.5, 0.6) is 5.75 Å². The molecule has 5 heteroatoms. The van der Waals surface area contributed by atoms with E-state index in [0.717, 1.165) is 21.2 Å². The van der Waals surface area contributed by atoms with Crippen molar-refractivity contribution in [3.8, 4) is 5.75 Å². The number of rotatable bonds is 3. The molecule has 3 rings (SSSR count). The van der Waals surface area contributed by atoms with E-state index < -0.39 is 5.97 Å². The van der Waals surface area contributed by atoms with E-state index in [0.29, 0.717) is 12.3 Å². The van der Waals surface area contributed by atoms with Crippen molar-refractivity contribution in [3.05, 3.63) is 42.0 Å². The molecule has 1 aliphatic rings. The Morgan fingerprint density at radius 2 is 2.15 bits per heavy atom. The van der Waals surface area contributed by atoms with Gasteiger partial charge in [-0.2, -0.15) is 0 Å². The molecule has 1 heterocycles. The average molecular weight is 287 g/mol. The summed E-state index contributed by atoms with van der Waals surface area (Å²) in [4.78, 5) is 13.2. The van der Waals surface area contributed by atoms with Gasteiger partial charge in [0.05, 0.1) is 23.5 Å². The number of para-hydroxylation sites is 1. The molecule has 20 heavy (non-hydrogen) atoms. The highest BCUT2D eigenvalue weighted by Gasteiger charge is 2.21. The normalized spacial score (nSPS) is 12.1. The predicted molar refractivity (Wildman–Crippen MR) is 78.4 cm³/mol. The van der Waals surface area contributed by atoms with Crippen LogP contribution in [-0.4, -0.2) is 17.7 Å². The molecule has 0 fully saturated rings. The maximum Gasteiger partial charge on any atom is 0.337 e. The van der Waals surface area contributed by atoms with E-state index in [1.807, 2.05) is 31.2 Å². The van der Waals surface area contributed by atoms with Crippen molar-refractivity contribution in [2.24, 2.45) is 0 Å². The Morgan fingerprint density at radius 1 is 1.30 bits per heavy atom. The van der Waals surface area contributed by atoms with Gasteiger partial charge < -0.3 is 15.2 Å². The first-order chi connectivity index (χ1) is 9.69. The number of carboxylic acids is 1. The van der Waals surface area contributed by atoms with Gasteiger partial charge in [-0.05, 0) is 37.3 Å². The standard InChI is InChI=1S/C15H13NO3S/c1-2-19-9-6-7-11-13(8-9)20-12-5-3-4-10(15(17)18)14(12)16-11/h3-8,16H,2H2,1H3,(H,17,18). The van der Waals surface area contributed by atoms with Crippen molar-refractivity contribution < 1.29 is 14.6 Å². The Kier molecular flexibility index (Phi) is 3.28. The number of fused-ring (bicyclic) bond motifs is 2. The van der Waals surface area contributed by atoms with Crippen LogP contribution in [-0.2, 0) is 0 Å². The van der Waals surface area contributed by atoms with Crippen molar-refractivity contribution in [3.63, 3.8) is 0 Å². The molecule has 1 aliphatic heterocycles. The van der Waals surface area contributed by atoms with Crippen molar-refractivity contribution in [1.29, 1.82) is 0 Å². The van der Waals surface area contributed by atoms with Gasteiger partial charge in [0.15, 0.2) is 0 Å². The third kappa shape index (κ3) is 2.20. The number of benzene rings is 2. The minimum atomic E-state index is -0.927. The highest BCUT2D eigenvalue weighted by atomic mass is 32.2. The second-order valence-electron chi connectivity index (χ2n) is 4.30. The fraction of sp³-hybridized carbons (Fsp3) is 0.133. The van der Waals surface area contributed by atoms with Crippen molar-refractivity contribution in [2.75, 3.05) is 11.9 Å². The molecule has 2 aromatic rings. The van der Waals surface area contributed by atoms with Gasteiger partial charge in [-0.3, -0.25) is 0 Å². The van der Waals surface area contributed by atoms with E-state index in [9.17, 15) is 9.90 Å². The lowest BCUT2D eigenvalue weighted by molar-refractivity contribution is 0.0698. The molecule has 0 saturated carbocycles. The first-order valence-corrected chi connectivity index (χ1v) is 7.08. The number of anilines is 2. The lowest BCUT2D eigenvalue weighted by atomic mass is 10.1. The molecule has 0 bridgehead atoms. The Balaban J connectivity index is 2.02. The molecule has 0 radical (unpaired) electrons. The second-order valence-corrected chi connectivity index (χ2v) is 5.39. The summed E-state index contributed by atoms with van der Waals surface area (Å²) < 4.78 is 5.49. The van der Waals surface area contributed by atoms with Crippen LogP contribution >= 0.6 is 11.8 Å². The number of hydrogen-bond acceptors (Lipinski definition) is 4. The van der Waals surface area contributed by atoms with Gasteiger partial charge in [-0.25, -0.2) is 4.79 Å². The van der Waals surface area contributed by atoms with Crippen LogP contribution in [0, 0.1) is 0 Å². The minimum absolute atomic E-state index is 0.287. The number of aromatic carboxylic acids is 1. The van der Waals surface area contributed by atoms with Crippen molar-refractivity contribution >= 4 is 29.1 Å². The molecule has 0 spiro atoms. The van der Waals surface area contributed by atoms with E-state index in [-0.39, 0.29) is 5.56 Å². The van der Waals surface area contributed by atoms with Gasteiger partial charge in [0.1, 0.15) is 5.75 Å². The maximum atomic E-state index is 11.3. The van der Waals surface area contributed by atoms with Crippen molar-refractivity contribution in [1.82, 2.24) is 0 Å². The van der Waals surface area contributed by atoms with Crippen LogP contribution < -0.4 is 10.1 Å². The molecule has 0 aliphatic carbocycles. The molecule has 0 unspecified atom stereocenters. The van der Waals surface area contributed by atoms with Crippen LogP contribution in [0.25, 0.3) is 0 Å². The summed E-state index contributed by atoms with van der Waals surface area (Å²) in [6.45, 7) is 2.57. The Morgan fingerprint density at radius 3 is 2.90 bits per heavy atom. The zero-order valence-electron chi connectivity index (χ0n) is 10.8. The van der Waals surface area contributed by atoms with Crippen LogP contribution in [0.2, 0.25) is 0 Å². The molecule has 4 nitrogen and oxygen atoms in total. The number of ether oxygens (including phenoxy) is 1. The number of carbonyl (C=O) groups is 1. The zero-order chi connectivity index (χ0) is 14.1. The van der Waals surface area contributed by atoms with Gasteiger partial charge in [0.2, 0.25) is 0 Å². The van der Waals surface area contributed by atoms with E-state index >= 15 is 0 Å². The third-order valence-corrected chi connectivity index (χ3v) is 4.12. The maximum absolute atomic E-state index is 11.3. The molecular weight excluding hydrogens is 274 g/mol. The summed E-state index contributed by atoms with van der Waals surface area (Å²) in [7, 11) is 0. The highest BCUT2D eigenvalue weighted by Crippen LogP contribution is 2.46. The SMILES string of the molecule is CCOc1ccc2c(c1)Sc1cccc(C(=O)O)c1N2. The summed E-state index contributed by atoms with van der Waals surface area (Å²) in [5, 5.41) is 12.4. The first-order valence-electron chi connectivity index (χ1n) is 6.27. The van der Waals surface area contributed by atoms with Gasteiger partial charge in [0, 0.05) is 9.79 Å². The van der Waals surface area contributed by atoms with E-state index in [1.54, 1.807) is 23.9 Å². The van der Waals surface area contributed by atoms with E-state index in [4.69, 9.17) is 4.74 Å². The Bertz CT molecular complexity index is 685. The summed E-state index contributed by atoms with van der Waals surface area (Å²) in [5.41, 5.74) is 1.84. The van der Waals surface area contributed by atoms with Gasteiger partial charge in [0.25, 0.3) is 0 Å². The summed E-state index contributed by atoms with van der Waals surface area (Å²) in [6, 6.07) is 11.0. The second kappa shape index (κ2) is 5.09. The highest BCUT2D eigenvalue weighted by molar-refractivity contribution is 7.99. The smallest absolute Gasteiger partial charge is 0.337 e. The van der Waals surface area contributed by atoms with Gasteiger partial charge >= 0.3 is 5.97 Å². The zero-order valence-corrected chi connectivity index (χ0v) is 11.7. The lowest BCUT2D eigenvalue weighted by Gasteiger charge is -2.22. The number of nitrogens with one attached hydrogen (secondary N) is 1. The Labute approximate surface area is 120 Å². The Hall–Kier alpha value is -2.14. The molecule has 2 aromatic carbocycles. The van der Waals surface area contributed by atoms with Gasteiger partial charge in [-0.1, -0.05) is 17.8 Å². The lowest BCUT2D eigenvalue weighted by Crippen LogP contribution is -2.07. The van der Waals surface area contributed by atoms with Crippen molar-refractivity contribution in [2.45, 2.75) is 16.7 Å². The van der Waals surface area contributed by atoms with Crippen LogP contribution in [0.3, 0.4) is 0 Å². The summed E-state index contributed by atoms with van der Waals surface area (Å²) in [5.74, 6) is -0.109. The number of hydrogen-bond donors (Lipinski definition) is 2. The fourth-order valence-corrected chi connectivity index (χ4v) is 3.17. The fourth-order valence-electron chi connectivity index (χ4n) is 2.12. The molecule has 0 amide bonds. The number of carboxylic acid groups (broad SMARTS) is 1. The van der Waals surface area contributed by atoms with Gasteiger partial charge in [-0.15, -0.1) is 0 Å². The topological polar surface area (TPSA) is 58.6 Å². The van der Waals surface area contributed by atoms with E-state index in [2.05, 4.69) is 5.32 Å². The van der Waals surface area contributed by atoms with Crippen LogP contribution in [0.1, 0.15) is 17.3 Å². The largest absolute Gasteiger partial charge is 0.494 e. The molecule has 0 aromatic heterocycles. The third-order valence-electron chi connectivity index (χ3n) is 3.00. The molecule has 2 N–H and O–H groups in total. The molecule has 0 saturated heterocycles. The van der Waals surface area contributed by atoms with Crippen LogP contribution in [0.4, 0.5) is 11.4 Å². The average Bonchev–Trinajstić information content (AvgIpc) is 2.44. The molecule has 102 valence electrons. The van der Waals surface area contributed by atoms with E-state index in [1.165, 1.54) is 0 Å². The predicted octanol–water partition coefficient (Wildman–Crippen LogP) is 3.99. The quantitative estimate of drug-likeness (QED) is 0.762. The van der Waals surface area contributed by atoms with Crippen LogP contribution in [0.15, 0.2) is 46.2 Å². The minimum Gasteiger partial charge on any atom is -0.494 e.